The van der Waals surface area contributed by atoms with E-state index in [4.69, 9.17) is 4.74 Å². The van der Waals surface area contributed by atoms with Crippen molar-refractivity contribution in [3.8, 4) is 5.75 Å². The molecule has 1 atom stereocenters. The Kier molecular flexibility index (Phi) is 3.67. The van der Waals surface area contributed by atoms with Crippen LogP contribution >= 0.6 is 0 Å². The van der Waals surface area contributed by atoms with E-state index in [9.17, 15) is 4.79 Å². The SMILES string of the molecule is CCN(CC)C(=O)C1CCOc2ccccc21. The number of rotatable bonds is 3. The smallest absolute Gasteiger partial charge is 0.230 e. The van der Waals surface area contributed by atoms with Crippen molar-refractivity contribution in [3.05, 3.63) is 29.8 Å². The van der Waals surface area contributed by atoms with Gasteiger partial charge in [0.15, 0.2) is 0 Å². The number of hydrogen-bond donors (Lipinski definition) is 0. The zero-order chi connectivity index (χ0) is 12.3. The zero-order valence-electron chi connectivity index (χ0n) is 10.5. The van der Waals surface area contributed by atoms with Gasteiger partial charge in [0.1, 0.15) is 5.75 Å². The Bertz CT molecular complexity index is 399. The minimum absolute atomic E-state index is 0.0279. The van der Waals surface area contributed by atoms with Crippen molar-refractivity contribution in [1.82, 2.24) is 4.90 Å². The van der Waals surface area contributed by atoms with E-state index < -0.39 is 0 Å². The summed E-state index contributed by atoms with van der Waals surface area (Å²) < 4.78 is 5.58. The van der Waals surface area contributed by atoms with Crippen molar-refractivity contribution in [2.24, 2.45) is 0 Å². The van der Waals surface area contributed by atoms with Gasteiger partial charge in [0.2, 0.25) is 5.91 Å². The number of likely N-dealkylation sites (N-methyl/N-ethyl adjacent to an activating group) is 1. The van der Waals surface area contributed by atoms with Gasteiger partial charge in [0, 0.05) is 18.7 Å². The molecule has 1 amide bonds. The summed E-state index contributed by atoms with van der Waals surface area (Å²) in [6.45, 7) is 6.22. The maximum absolute atomic E-state index is 12.4. The number of para-hydroxylation sites is 1. The second-order valence-electron chi connectivity index (χ2n) is 4.24. The highest BCUT2D eigenvalue weighted by Gasteiger charge is 2.29. The average molecular weight is 233 g/mol. The van der Waals surface area contributed by atoms with Crippen LogP contribution in [0.15, 0.2) is 24.3 Å². The molecule has 2 rings (SSSR count). The molecule has 0 spiro atoms. The summed E-state index contributed by atoms with van der Waals surface area (Å²) in [6, 6.07) is 7.86. The van der Waals surface area contributed by atoms with Crippen molar-refractivity contribution < 1.29 is 9.53 Å². The number of carbonyl (C=O) groups is 1. The fourth-order valence-electron chi connectivity index (χ4n) is 2.35. The van der Waals surface area contributed by atoms with Gasteiger partial charge in [-0.25, -0.2) is 0 Å². The number of hydrogen-bond acceptors (Lipinski definition) is 2. The summed E-state index contributed by atoms with van der Waals surface area (Å²) >= 11 is 0. The van der Waals surface area contributed by atoms with Crippen molar-refractivity contribution >= 4 is 5.91 Å². The van der Waals surface area contributed by atoms with Gasteiger partial charge in [0.25, 0.3) is 0 Å². The second-order valence-corrected chi connectivity index (χ2v) is 4.24. The number of nitrogens with zero attached hydrogens (tertiary/aromatic N) is 1. The van der Waals surface area contributed by atoms with Crippen LogP contribution in [-0.4, -0.2) is 30.5 Å². The van der Waals surface area contributed by atoms with Crippen molar-refractivity contribution in [2.45, 2.75) is 26.2 Å². The molecule has 0 saturated heterocycles. The lowest BCUT2D eigenvalue weighted by Gasteiger charge is -2.29. The van der Waals surface area contributed by atoms with Crippen LogP contribution in [0.1, 0.15) is 31.7 Å². The lowest BCUT2D eigenvalue weighted by Crippen LogP contribution is -2.36. The van der Waals surface area contributed by atoms with Crippen LogP contribution in [0.3, 0.4) is 0 Å². The van der Waals surface area contributed by atoms with Gasteiger partial charge in [0.05, 0.1) is 12.5 Å². The molecule has 0 aromatic heterocycles. The fourth-order valence-corrected chi connectivity index (χ4v) is 2.35. The largest absolute Gasteiger partial charge is 0.493 e. The van der Waals surface area contributed by atoms with E-state index in [2.05, 4.69) is 0 Å². The molecule has 3 heteroatoms. The zero-order valence-corrected chi connectivity index (χ0v) is 10.5. The monoisotopic (exact) mass is 233 g/mol. The van der Waals surface area contributed by atoms with Crippen LogP contribution in [0.25, 0.3) is 0 Å². The number of ether oxygens (including phenoxy) is 1. The summed E-state index contributed by atoms with van der Waals surface area (Å²) in [5.74, 6) is 1.06. The molecule has 0 saturated carbocycles. The van der Waals surface area contributed by atoms with Gasteiger partial charge in [-0.2, -0.15) is 0 Å². The number of carbonyl (C=O) groups excluding carboxylic acids is 1. The molecule has 0 aliphatic carbocycles. The molecule has 0 bridgehead atoms. The number of amides is 1. The standard InChI is InChI=1S/C14H19NO2/c1-3-15(4-2)14(16)12-9-10-17-13-8-6-5-7-11(12)13/h5-8,12H,3-4,9-10H2,1-2H3. The first-order chi connectivity index (χ1) is 8.27. The third-order valence-electron chi connectivity index (χ3n) is 3.33. The lowest BCUT2D eigenvalue weighted by molar-refractivity contribution is -0.133. The summed E-state index contributed by atoms with van der Waals surface area (Å²) in [6.07, 6.45) is 0.784. The maximum atomic E-state index is 12.4. The summed E-state index contributed by atoms with van der Waals surface area (Å²) in [5, 5.41) is 0. The molecule has 1 aromatic rings. The number of fused-ring (bicyclic) bond motifs is 1. The molecule has 1 unspecified atom stereocenters. The fraction of sp³-hybridized carbons (Fsp3) is 0.500. The molecule has 0 N–H and O–H groups in total. The topological polar surface area (TPSA) is 29.5 Å². The minimum Gasteiger partial charge on any atom is -0.493 e. The van der Waals surface area contributed by atoms with Crippen LogP contribution in [-0.2, 0) is 4.79 Å². The molecular weight excluding hydrogens is 214 g/mol. The van der Waals surface area contributed by atoms with Gasteiger partial charge in [-0.3, -0.25) is 4.79 Å². The van der Waals surface area contributed by atoms with Gasteiger partial charge < -0.3 is 9.64 Å². The van der Waals surface area contributed by atoms with E-state index in [0.717, 1.165) is 30.8 Å². The first kappa shape index (κ1) is 12.0. The molecule has 3 nitrogen and oxygen atoms in total. The number of benzene rings is 1. The van der Waals surface area contributed by atoms with Gasteiger partial charge in [-0.05, 0) is 26.3 Å². The van der Waals surface area contributed by atoms with Crippen LogP contribution in [0.4, 0.5) is 0 Å². The van der Waals surface area contributed by atoms with E-state index in [1.165, 1.54) is 0 Å². The quantitative estimate of drug-likeness (QED) is 0.802. The van der Waals surface area contributed by atoms with E-state index in [0.29, 0.717) is 6.61 Å². The minimum atomic E-state index is -0.0279. The predicted octanol–water partition coefficient (Wildman–Crippen LogP) is 2.42. The Balaban J connectivity index is 2.26. The highest BCUT2D eigenvalue weighted by atomic mass is 16.5. The molecule has 1 aromatic carbocycles. The Morgan fingerprint density at radius 1 is 1.35 bits per heavy atom. The van der Waals surface area contributed by atoms with Crippen molar-refractivity contribution in [1.29, 1.82) is 0 Å². The van der Waals surface area contributed by atoms with Crippen LogP contribution in [0.5, 0.6) is 5.75 Å². The van der Waals surface area contributed by atoms with Gasteiger partial charge in [-0.15, -0.1) is 0 Å². The molecule has 0 radical (unpaired) electrons. The predicted molar refractivity (Wildman–Crippen MR) is 67.2 cm³/mol. The maximum Gasteiger partial charge on any atom is 0.230 e. The van der Waals surface area contributed by atoms with E-state index in [-0.39, 0.29) is 11.8 Å². The third-order valence-corrected chi connectivity index (χ3v) is 3.33. The Hall–Kier alpha value is -1.51. The van der Waals surface area contributed by atoms with Gasteiger partial charge in [-0.1, -0.05) is 18.2 Å². The van der Waals surface area contributed by atoms with Crippen LogP contribution in [0, 0.1) is 0 Å². The first-order valence-electron chi connectivity index (χ1n) is 6.28. The second kappa shape index (κ2) is 5.21. The average Bonchev–Trinajstić information content (AvgIpc) is 2.39. The van der Waals surface area contributed by atoms with Crippen LogP contribution in [0.2, 0.25) is 0 Å². The van der Waals surface area contributed by atoms with E-state index >= 15 is 0 Å². The molecular formula is C14H19NO2. The molecule has 17 heavy (non-hydrogen) atoms. The molecule has 92 valence electrons. The van der Waals surface area contributed by atoms with E-state index in [1.807, 2.05) is 43.0 Å². The Labute approximate surface area is 102 Å². The van der Waals surface area contributed by atoms with E-state index in [1.54, 1.807) is 0 Å². The molecule has 1 aliphatic rings. The summed E-state index contributed by atoms with van der Waals surface area (Å²) in [4.78, 5) is 14.3. The van der Waals surface area contributed by atoms with Crippen molar-refractivity contribution in [2.75, 3.05) is 19.7 Å². The summed E-state index contributed by atoms with van der Waals surface area (Å²) in [5.41, 5.74) is 1.04. The Morgan fingerprint density at radius 2 is 2.06 bits per heavy atom. The highest BCUT2D eigenvalue weighted by molar-refractivity contribution is 5.84. The normalized spacial score (nSPS) is 18.1. The van der Waals surface area contributed by atoms with Gasteiger partial charge >= 0.3 is 0 Å². The highest BCUT2D eigenvalue weighted by Crippen LogP contribution is 2.34. The first-order valence-corrected chi connectivity index (χ1v) is 6.28. The molecule has 0 fully saturated rings. The van der Waals surface area contributed by atoms with Crippen molar-refractivity contribution in [3.63, 3.8) is 0 Å². The third kappa shape index (κ3) is 2.28. The molecule has 1 heterocycles. The molecule has 1 aliphatic heterocycles. The van der Waals surface area contributed by atoms with Crippen LogP contribution < -0.4 is 4.74 Å². The lowest BCUT2D eigenvalue weighted by atomic mass is 9.92. The summed E-state index contributed by atoms with van der Waals surface area (Å²) in [7, 11) is 0. The Morgan fingerprint density at radius 3 is 2.76 bits per heavy atom.